The standard InChI is InChI=1S/3C12H28O4Si.O.V/c3*1-10(2,3)14-17(13,15-11(4,5)6)16-12(7,8)9;;/h3*13H,1-9H3;;. The molecule has 0 aliphatic rings. The molecule has 0 aromatic carbocycles. The van der Waals surface area contributed by atoms with E-state index < -0.39 is 77.6 Å². The Bertz CT molecular complexity index is 765. The van der Waals surface area contributed by atoms with Gasteiger partial charge in [0.05, 0.1) is 50.4 Å². The van der Waals surface area contributed by atoms with E-state index in [4.69, 9.17) is 43.5 Å². The first-order chi connectivity index (χ1) is 22.4. The summed E-state index contributed by atoms with van der Waals surface area (Å²) in [5.74, 6) is 0. The van der Waals surface area contributed by atoms with Crippen molar-refractivity contribution in [3.05, 3.63) is 0 Å². The quantitative estimate of drug-likeness (QED) is 0.190. The van der Waals surface area contributed by atoms with Gasteiger partial charge < -0.3 is 54.2 Å². The fourth-order valence-electron chi connectivity index (χ4n) is 3.67. The molecule has 0 saturated heterocycles. The molecule has 0 atom stereocenters. The molecule has 0 bridgehead atoms. The van der Waals surface area contributed by atoms with E-state index in [-0.39, 0.29) is 0 Å². The molecule has 0 radical (unpaired) electrons. The third kappa shape index (κ3) is 45.1. The molecule has 0 saturated carbocycles. The summed E-state index contributed by atoms with van der Waals surface area (Å²) in [6.07, 6.45) is 0. The fraction of sp³-hybridized carbons (Fsp3) is 1.00. The van der Waals surface area contributed by atoms with Crippen molar-refractivity contribution in [3.63, 3.8) is 0 Å². The van der Waals surface area contributed by atoms with Crippen LogP contribution >= 0.6 is 0 Å². The second kappa shape index (κ2) is 21.0. The zero-order chi connectivity index (χ0) is 44.4. The van der Waals surface area contributed by atoms with Gasteiger partial charge in [0.15, 0.2) is 0 Å². The summed E-state index contributed by atoms with van der Waals surface area (Å²) in [5, 5.41) is 0. The molecule has 0 unspecified atom stereocenters. The molecular weight excluding hydrogens is 776 g/mol. The maximum absolute atomic E-state index is 10.5. The van der Waals surface area contributed by atoms with E-state index in [0.29, 0.717) is 0 Å². The molecule has 0 spiro atoms. The van der Waals surface area contributed by atoms with Crippen molar-refractivity contribution in [1.82, 2.24) is 0 Å². The van der Waals surface area contributed by atoms with E-state index in [1.54, 1.807) is 0 Å². The molecule has 17 heteroatoms. The maximum atomic E-state index is 10.5. The number of hydrogen-bond acceptors (Lipinski definition) is 13. The van der Waals surface area contributed by atoms with Crippen LogP contribution in [0.2, 0.25) is 0 Å². The van der Waals surface area contributed by atoms with Crippen LogP contribution in [0.3, 0.4) is 0 Å². The summed E-state index contributed by atoms with van der Waals surface area (Å²) in [5.41, 5.74) is -4.65. The first-order valence-electron chi connectivity index (χ1n) is 18.0. The number of hydrogen-bond donors (Lipinski definition) is 3. The van der Waals surface area contributed by atoms with Gasteiger partial charge in [0.1, 0.15) is 0 Å². The third-order valence-corrected chi connectivity index (χ3v) is 11.7. The van der Waals surface area contributed by atoms with Crippen LogP contribution in [0, 0.1) is 0 Å². The molecule has 13 nitrogen and oxygen atoms in total. The molecule has 323 valence electrons. The van der Waals surface area contributed by atoms with Crippen molar-refractivity contribution in [2.45, 2.75) is 237 Å². The van der Waals surface area contributed by atoms with E-state index >= 15 is 0 Å². The SMILES string of the molecule is CC(C)(C)O[Si](O)(OC(C)(C)C)OC(C)(C)C.CC(C)(C)O[Si](O)(OC(C)(C)C)OC(C)(C)C.CC(C)(C)O[Si](O)(OC(C)(C)C)OC(C)(C)C.[O]=[V]. The Morgan fingerprint density at radius 2 is 0.302 bits per heavy atom. The van der Waals surface area contributed by atoms with Crippen molar-refractivity contribution in [1.29, 1.82) is 0 Å². The van der Waals surface area contributed by atoms with Crippen molar-refractivity contribution in [2.24, 2.45) is 0 Å². The average molecular weight is 860 g/mol. The van der Waals surface area contributed by atoms with Gasteiger partial charge in [0.25, 0.3) is 0 Å². The first kappa shape index (κ1) is 60.2. The van der Waals surface area contributed by atoms with Crippen LogP contribution in [0.4, 0.5) is 0 Å². The monoisotopic (exact) mass is 859 g/mol. The summed E-state index contributed by atoms with van der Waals surface area (Å²) in [6, 6.07) is 0. The van der Waals surface area contributed by atoms with Gasteiger partial charge in [-0.1, -0.05) is 0 Å². The third-order valence-electron chi connectivity index (χ3n) is 3.92. The minimum absolute atomic E-state index is 0.516. The molecule has 0 aromatic rings. The van der Waals surface area contributed by atoms with Gasteiger partial charge in [-0.25, -0.2) is 0 Å². The van der Waals surface area contributed by atoms with E-state index in [1.165, 1.54) is 0 Å². The van der Waals surface area contributed by atoms with E-state index in [2.05, 4.69) is 0 Å². The molecule has 3 N–H and O–H groups in total. The zero-order valence-corrected chi connectivity index (χ0v) is 43.3. The molecule has 0 heterocycles. The summed E-state index contributed by atoms with van der Waals surface area (Å²) in [4.78, 5) is 31.5. The fourth-order valence-corrected chi connectivity index (χ4v) is 11.0. The summed E-state index contributed by atoms with van der Waals surface area (Å²) >= 11 is 1.06. The van der Waals surface area contributed by atoms with E-state index in [0.717, 1.165) is 17.4 Å². The van der Waals surface area contributed by atoms with Crippen molar-refractivity contribution in [3.8, 4) is 0 Å². The molecular formula is C36H84O13Si3V. The van der Waals surface area contributed by atoms with Crippen LogP contribution in [-0.2, 0) is 60.9 Å². The summed E-state index contributed by atoms with van der Waals surface area (Å²) in [6.45, 7) is 50.3. The second-order valence-electron chi connectivity index (χ2n) is 21.5. The van der Waals surface area contributed by atoms with Gasteiger partial charge in [-0.2, -0.15) is 0 Å². The molecule has 0 aliphatic heterocycles. The molecule has 0 aromatic heterocycles. The predicted molar refractivity (Wildman–Crippen MR) is 212 cm³/mol. The molecule has 0 rings (SSSR count). The van der Waals surface area contributed by atoms with Gasteiger partial charge in [-0.15, -0.1) is 0 Å². The molecule has 0 fully saturated rings. The second-order valence-corrected chi connectivity index (χ2v) is 26.5. The molecule has 0 aliphatic carbocycles. The van der Waals surface area contributed by atoms with Gasteiger partial charge in [0.2, 0.25) is 0 Å². The Morgan fingerprint density at radius 3 is 0.340 bits per heavy atom. The zero-order valence-electron chi connectivity index (χ0n) is 38.9. The minimum atomic E-state index is -3.66. The van der Waals surface area contributed by atoms with Crippen LogP contribution in [0.25, 0.3) is 0 Å². The summed E-state index contributed by atoms with van der Waals surface area (Å²) in [7, 11) is -11.0. The predicted octanol–water partition coefficient (Wildman–Crippen LogP) is 8.46. The van der Waals surface area contributed by atoms with Crippen molar-refractivity contribution >= 4 is 27.1 Å². The molecule has 53 heavy (non-hydrogen) atoms. The van der Waals surface area contributed by atoms with Gasteiger partial charge in [0, 0.05) is 0 Å². The average Bonchev–Trinajstić information content (AvgIpc) is 2.61. The Balaban J connectivity index is -0.000000331. The van der Waals surface area contributed by atoms with E-state index in [9.17, 15) is 14.4 Å². The Kier molecular flexibility index (Phi) is 23.9. The van der Waals surface area contributed by atoms with Crippen LogP contribution < -0.4 is 0 Å². The van der Waals surface area contributed by atoms with E-state index in [1.807, 2.05) is 187 Å². The topological polar surface area (TPSA) is 161 Å². The Hall–Kier alpha value is 0.555. The van der Waals surface area contributed by atoms with Crippen LogP contribution in [0.15, 0.2) is 0 Å². The van der Waals surface area contributed by atoms with Gasteiger partial charge >= 0.3 is 48.2 Å². The van der Waals surface area contributed by atoms with Crippen molar-refractivity contribution in [2.75, 3.05) is 0 Å². The number of rotatable bonds is 9. The van der Waals surface area contributed by atoms with Crippen molar-refractivity contribution < 1.29 is 75.3 Å². The van der Waals surface area contributed by atoms with Gasteiger partial charge in [-0.05, 0) is 187 Å². The normalized spacial score (nSPS) is 14.7. The Morgan fingerprint density at radius 1 is 0.245 bits per heavy atom. The van der Waals surface area contributed by atoms with Crippen LogP contribution in [0.5, 0.6) is 0 Å². The first-order valence-corrected chi connectivity index (χ1v) is 23.6. The van der Waals surface area contributed by atoms with Crippen LogP contribution in [-0.4, -0.2) is 91.9 Å². The summed E-state index contributed by atoms with van der Waals surface area (Å²) < 4.78 is 58.8. The van der Waals surface area contributed by atoms with Crippen LogP contribution in [0.1, 0.15) is 187 Å². The Labute approximate surface area is 338 Å². The molecule has 0 amide bonds. The van der Waals surface area contributed by atoms with Gasteiger partial charge in [-0.3, -0.25) is 0 Å².